The molecule has 0 spiro atoms. The van der Waals surface area contributed by atoms with Crippen molar-refractivity contribution in [2.24, 2.45) is 5.10 Å². The Balaban J connectivity index is 1.43. The number of furan rings is 1. The second kappa shape index (κ2) is 10.3. The van der Waals surface area contributed by atoms with Gasteiger partial charge in [-0.15, -0.1) is 0 Å². The van der Waals surface area contributed by atoms with Gasteiger partial charge in [-0.1, -0.05) is 42.5 Å². The number of benzene rings is 4. The lowest BCUT2D eigenvalue weighted by Gasteiger charge is -2.10. The Morgan fingerprint density at radius 3 is 2.54 bits per heavy atom. The predicted molar refractivity (Wildman–Crippen MR) is 148 cm³/mol. The first kappa shape index (κ1) is 24.1. The standard InChI is InChI=1S/C31H22FN3O4/c1-37-27-11-6-12-28-24(27)17-29(39-28)30-34-25-9-4-3-8-23(25)31(36)35(30)33-18-21-7-2-5-10-26(21)38-19-20-13-15-22(32)16-14-20/h2-18H,19H2,1H3. The molecule has 7 nitrogen and oxygen atoms in total. The van der Waals surface area contributed by atoms with E-state index in [4.69, 9.17) is 18.9 Å². The van der Waals surface area contributed by atoms with Crippen LogP contribution in [0.5, 0.6) is 11.5 Å². The van der Waals surface area contributed by atoms with Gasteiger partial charge in [-0.2, -0.15) is 9.78 Å². The van der Waals surface area contributed by atoms with Crippen molar-refractivity contribution < 1.29 is 18.3 Å². The van der Waals surface area contributed by atoms with E-state index in [2.05, 4.69) is 5.10 Å². The first-order chi connectivity index (χ1) is 19.1. The third-order valence-electron chi connectivity index (χ3n) is 6.25. The monoisotopic (exact) mass is 519 g/mol. The number of halogens is 1. The highest BCUT2D eigenvalue weighted by molar-refractivity contribution is 5.89. The van der Waals surface area contributed by atoms with Crippen LogP contribution in [0.4, 0.5) is 4.39 Å². The number of methoxy groups -OCH3 is 1. The van der Waals surface area contributed by atoms with Crippen molar-refractivity contribution in [3.8, 4) is 23.1 Å². The van der Waals surface area contributed by atoms with Gasteiger partial charge < -0.3 is 13.9 Å². The molecule has 0 saturated heterocycles. The van der Waals surface area contributed by atoms with E-state index in [-0.39, 0.29) is 23.8 Å². The molecule has 0 aliphatic carbocycles. The van der Waals surface area contributed by atoms with Crippen LogP contribution < -0.4 is 15.0 Å². The molecule has 0 atom stereocenters. The molecule has 0 unspecified atom stereocenters. The number of rotatable bonds is 7. The lowest BCUT2D eigenvalue weighted by atomic mass is 10.2. The van der Waals surface area contributed by atoms with Crippen LogP contribution in [0, 0.1) is 5.82 Å². The highest BCUT2D eigenvalue weighted by Crippen LogP contribution is 2.33. The van der Waals surface area contributed by atoms with Crippen LogP contribution in [0.2, 0.25) is 0 Å². The molecule has 0 radical (unpaired) electrons. The molecule has 2 heterocycles. The molecule has 6 rings (SSSR count). The summed E-state index contributed by atoms with van der Waals surface area (Å²) in [5, 5.41) is 5.72. The third-order valence-corrected chi connectivity index (χ3v) is 6.25. The molecule has 0 amide bonds. The number of nitrogens with zero attached hydrogens (tertiary/aromatic N) is 3. The lowest BCUT2D eigenvalue weighted by molar-refractivity contribution is 0.305. The van der Waals surface area contributed by atoms with Crippen LogP contribution in [0.15, 0.2) is 111 Å². The second-order valence-electron chi connectivity index (χ2n) is 8.75. The van der Waals surface area contributed by atoms with Crippen molar-refractivity contribution in [2.75, 3.05) is 7.11 Å². The van der Waals surface area contributed by atoms with Crippen molar-refractivity contribution in [3.63, 3.8) is 0 Å². The summed E-state index contributed by atoms with van der Waals surface area (Å²) >= 11 is 0. The molecular formula is C31H22FN3O4. The summed E-state index contributed by atoms with van der Waals surface area (Å²) < 4.78 is 32.0. The molecule has 0 aliphatic rings. The largest absolute Gasteiger partial charge is 0.496 e. The SMILES string of the molecule is COc1cccc2oc(-c3nc4ccccc4c(=O)n3N=Cc3ccccc3OCc3ccc(F)cc3)cc12. The van der Waals surface area contributed by atoms with Crippen LogP contribution in [-0.4, -0.2) is 23.0 Å². The summed E-state index contributed by atoms with van der Waals surface area (Å²) in [5.74, 6) is 1.52. The fraction of sp³-hybridized carbons (Fsp3) is 0.0645. The van der Waals surface area contributed by atoms with Crippen molar-refractivity contribution in [3.05, 3.63) is 124 Å². The molecule has 4 aromatic carbocycles. The second-order valence-corrected chi connectivity index (χ2v) is 8.75. The molecule has 0 aliphatic heterocycles. The Bertz CT molecular complexity index is 1890. The zero-order valence-electron chi connectivity index (χ0n) is 20.9. The van der Waals surface area contributed by atoms with Gasteiger partial charge in [0.25, 0.3) is 5.56 Å². The highest BCUT2D eigenvalue weighted by atomic mass is 19.1. The summed E-state index contributed by atoms with van der Waals surface area (Å²) in [4.78, 5) is 18.3. The van der Waals surface area contributed by atoms with Crippen molar-refractivity contribution in [2.45, 2.75) is 6.61 Å². The molecule has 0 fully saturated rings. The van der Waals surface area contributed by atoms with Crippen LogP contribution in [0.3, 0.4) is 0 Å². The Labute approximate surface area is 222 Å². The molecule has 2 aromatic heterocycles. The van der Waals surface area contributed by atoms with Crippen molar-refractivity contribution in [1.29, 1.82) is 0 Å². The van der Waals surface area contributed by atoms with Gasteiger partial charge in [0.2, 0.25) is 5.82 Å². The number of hydrogen-bond acceptors (Lipinski definition) is 6. The third kappa shape index (κ3) is 4.75. The molecule has 39 heavy (non-hydrogen) atoms. The summed E-state index contributed by atoms with van der Waals surface area (Å²) in [5.41, 5.74) is 2.25. The van der Waals surface area contributed by atoms with Crippen LogP contribution >= 0.6 is 0 Å². The van der Waals surface area contributed by atoms with E-state index in [0.29, 0.717) is 39.3 Å². The fourth-order valence-electron chi connectivity index (χ4n) is 4.29. The average molecular weight is 520 g/mol. The van der Waals surface area contributed by atoms with Gasteiger partial charge in [0.05, 0.1) is 29.6 Å². The zero-order valence-corrected chi connectivity index (χ0v) is 20.9. The van der Waals surface area contributed by atoms with Gasteiger partial charge in [0.15, 0.2) is 5.76 Å². The lowest BCUT2D eigenvalue weighted by Crippen LogP contribution is -2.20. The number of ether oxygens (including phenoxy) is 2. The number of hydrogen-bond donors (Lipinski definition) is 0. The predicted octanol–water partition coefficient (Wildman–Crippen LogP) is 6.42. The maximum absolute atomic E-state index is 13.6. The normalized spacial score (nSPS) is 11.4. The molecule has 192 valence electrons. The zero-order chi connectivity index (χ0) is 26.8. The fourth-order valence-corrected chi connectivity index (χ4v) is 4.29. The summed E-state index contributed by atoms with van der Waals surface area (Å²) in [6.07, 6.45) is 1.55. The first-order valence-corrected chi connectivity index (χ1v) is 12.2. The quantitative estimate of drug-likeness (QED) is 0.228. The molecule has 0 bridgehead atoms. The van der Waals surface area contributed by atoms with Crippen molar-refractivity contribution in [1.82, 2.24) is 9.66 Å². The van der Waals surface area contributed by atoms with E-state index in [1.54, 1.807) is 55.8 Å². The Morgan fingerprint density at radius 2 is 1.69 bits per heavy atom. The number of para-hydroxylation sites is 2. The van der Waals surface area contributed by atoms with E-state index >= 15 is 0 Å². The minimum Gasteiger partial charge on any atom is -0.496 e. The van der Waals surface area contributed by atoms with E-state index in [9.17, 15) is 9.18 Å². The van der Waals surface area contributed by atoms with E-state index < -0.39 is 0 Å². The van der Waals surface area contributed by atoms with Gasteiger partial charge in [-0.3, -0.25) is 4.79 Å². The minimum absolute atomic E-state index is 0.245. The molecule has 0 N–H and O–H groups in total. The topological polar surface area (TPSA) is 78.9 Å². The maximum Gasteiger partial charge on any atom is 0.282 e. The van der Waals surface area contributed by atoms with Crippen LogP contribution in [0.1, 0.15) is 11.1 Å². The Morgan fingerprint density at radius 1 is 0.923 bits per heavy atom. The summed E-state index contributed by atoms with van der Waals surface area (Å²) in [6.45, 7) is 0.245. The smallest absolute Gasteiger partial charge is 0.282 e. The molecular weight excluding hydrogens is 497 g/mol. The molecule has 6 aromatic rings. The van der Waals surface area contributed by atoms with E-state index in [0.717, 1.165) is 10.9 Å². The van der Waals surface area contributed by atoms with E-state index in [1.807, 2.05) is 42.5 Å². The maximum atomic E-state index is 13.6. The Hall–Kier alpha value is -5.24. The molecule has 8 heteroatoms. The van der Waals surface area contributed by atoms with E-state index in [1.165, 1.54) is 16.8 Å². The van der Waals surface area contributed by atoms with Crippen LogP contribution in [-0.2, 0) is 6.61 Å². The van der Waals surface area contributed by atoms with Crippen LogP contribution in [0.25, 0.3) is 33.5 Å². The first-order valence-electron chi connectivity index (χ1n) is 12.2. The van der Waals surface area contributed by atoms with Gasteiger partial charge in [-0.25, -0.2) is 9.37 Å². The molecule has 0 saturated carbocycles. The average Bonchev–Trinajstić information content (AvgIpc) is 3.41. The number of fused-ring (bicyclic) bond motifs is 2. The minimum atomic E-state index is -0.344. The summed E-state index contributed by atoms with van der Waals surface area (Å²) in [7, 11) is 1.59. The van der Waals surface area contributed by atoms with Gasteiger partial charge in [0.1, 0.15) is 29.5 Å². The number of aromatic nitrogens is 2. The van der Waals surface area contributed by atoms with Gasteiger partial charge >= 0.3 is 0 Å². The van der Waals surface area contributed by atoms with Gasteiger partial charge in [-0.05, 0) is 60.2 Å². The van der Waals surface area contributed by atoms with Gasteiger partial charge in [0, 0.05) is 5.56 Å². The Kier molecular flexibility index (Phi) is 6.34. The van der Waals surface area contributed by atoms with Crippen molar-refractivity contribution >= 4 is 28.1 Å². The highest BCUT2D eigenvalue weighted by Gasteiger charge is 2.18. The summed E-state index contributed by atoms with van der Waals surface area (Å²) in [6, 6.07) is 27.8.